The van der Waals surface area contributed by atoms with Gasteiger partial charge in [-0.3, -0.25) is 4.79 Å². The van der Waals surface area contributed by atoms with E-state index >= 15 is 0 Å². The molecule has 92 valence electrons. The molecule has 1 aromatic rings. The van der Waals surface area contributed by atoms with Gasteiger partial charge in [-0.2, -0.15) is 5.10 Å². The molecule has 0 radical (unpaired) electrons. The SMILES string of the molecule is NN=C(N)SCC(=O)NCc1ccc(F)cc1. The molecule has 5 nitrogen and oxygen atoms in total. The number of nitrogens with zero attached hydrogens (tertiary/aromatic N) is 1. The van der Waals surface area contributed by atoms with Crippen molar-refractivity contribution < 1.29 is 9.18 Å². The van der Waals surface area contributed by atoms with Crippen LogP contribution in [0, 0.1) is 5.82 Å². The molecule has 0 aliphatic rings. The van der Waals surface area contributed by atoms with Crippen LogP contribution in [0.25, 0.3) is 0 Å². The van der Waals surface area contributed by atoms with Crippen LogP contribution in [-0.2, 0) is 11.3 Å². The third-order valence-electron chi connectivity index (χ3n) is 1.88. The number of carbonyl (C=O) groups is 1. The zero-order valence-corrected chi connectivity index (χ0v) is 9.84. The Kier molecular flexibility index (Phi) is 5.28. The molecule has 1 rings (SSSR count). The minimum Gasteiger partial charge on any atom is -0.377 e. The summed E-state index contributed by atoms with van der Waals surface area (Å²) in [6, 6.07) is 5.90. The van der Waals surface area contributed by atoms with E-state index in [1.54, 1.807) is 12.1 Å². The van der Waals surface area contributed by atoms with Gasteiger partial charge in [-0.1, -0.05) is 23.9 Å². The highest BCUT2D eigenvalue weighted by molar-refractivity contribution is 8.14. The number of hydrogen-bond acceptors (Lipinski definition) is 4. The monoisotopic (exact) mass is 256 g/mol. The van der Waals surface area contributed by atoms with E-state index < -0.39 is 0 Å². The molecule has 0 bridgehead atoms. The number of nitrogens with one attached hydrogen (secondary N) is 1. The minimum absolute atomic E-state index is 0.147. The third-order valence-corrected chi connectivity index (χ3v) is 2.69. The van der Waals surface area contributed by atoms with E-state index in [0.29, 0.717) is 6.54 Å². The molecule has 0 saturated heterocycles. The molecule has 1 amide bonds. The summed E-state index contributed by atoms with van der Waals surface area (Å²) in [4.78, 5) is 11.3. The topological polar surface area (TPSA) is 93.5 Å². The molecule has 0 aromatic heterocycles. The Labute approximate surface area is 102 Å². The Bertz CT molecular complexity index is 407. The molecular formula is C10H13FN4OS. The van der Waals surface area contributed by atoms with Gasteiger partial charge in [0.2, 0.25) is 5.91 Å². The van der Waals surface area contributed by atoms with Crippen molar-refractivity contribution in [3.05, 3.63) is 35.6 Å². The summed E-state index contributed by atoms with van der Waals surface area (Å²) >= 11 is 1.05. The Morgan fingerprint density at radius 3 is 2.65 bits per heavy atom. The number of benzene rings is 1. The Balaban J connectivity index is 2.31. The zero-order valence-electron chi connectivity index (χ0n) is 9.02. The number of halogens is 1. The normalized spacial score (nSPS) is 11.2. The average Bonchev–Trinajstić information content (AvgIpc) is 2.35. The van der Waals surface area contributed by atoms with Crippen molar-refractivity contribution in [3.8, 4) is 0 Å². The standard InChI is InChI=1S/C10H13FN4OS/c11-8-3-1-7(2-4-8)5-14-9(16)6-17-10(12)15-13/h1-4H,5-6,13H2,(H2,12,15)(H,14,16). The first-order valence-corrected chi connectivity index (χ1v) is 5.77. The van der Waals surface area contributed by atoms with Crippen molar-refractivity contribution >= 4 is 22.8 Å². The molecule has 0 atom stereocenters. The van der Waals surface area contributed by atoms with Crippen molar-refractivity contribution in [1.29, 1.82) is 0 Å². The molecule has 0 fully saturated rings. The smallest absolute Gasteiger partial charge is 0.230 e. The largest absolute Gasteiger partial charge is 0.377 e. The van der Waals surface area contributed by atoms with Crippen molar-refractivity contribution in [3.63, 3.8) is 0 Å². The van der Waals surface area contributed by atoms with Crippen molar-refractivity contribution in [2.45, 2.75) is 6.54 Å². The Hall–Kier alpha value is -1.76. The summed E-state index contributed by atoms with van der Waals surface area (Å²) in [5.74, 6) is 4.57. The van der Waals surface area contributed by atoms with Crippen LogP contribution in [0.5, 0.6) is 0 Å². The number of amidine groups is 1. The van der Waals surface area contributed by atoms with Crippen molar-refractivity contribution in [1.82, 2.24) is 5.32 Å². The lowest BCUT2D eigenvalue weighted by Crippen LogP contribution is -2.26. The van der Waals surface area contributed by atoms with Gasteiger partial charge in [0.25, 0.3) is 0 Å². The lowest BCUT2D eigenvalue weighted by molar-refractivity contribution is -0.118. The van der Waals surface area contributed by atoms with E-state index in [4.69, 9.17) is 11.6 Å². The van der Waals surface area contributed by atoms with Gasteiger partial charge in [0.05, 0.1) is 5.75 Å². The predicted octanol–water partition coefficient (Wildman–Crippen LogP) is 0.364. The van der Waals surface area contributed by atoms with Crippen LogP contribution in [0.4, 0.5) is 4.39 Å². The van der Waals surface area contributed by atoms with Crippen LogP contribution in [0.15, 0.2) is 29.4 Å². The van der Waals surface area contributed by atoms with Crippen molar-refractivity contribution in [2.75, 3.05) is 5.75 Å². The van der Waals surface area contributed by atoms with E-state index in [9.17, 15) is 9.18 Å². The first-order chi connectivity index (χ1) is 8.11. The number of hydrogen-bond donors (Lipinski definition) is 3. The van der Waals surface area contributed by atoms with Crippen LogP contribution < -0.4 is 16.9 Å². The number of amides is 1. The van der Waals surface area contributed by atoms with Gasteiger partial charge in [0.1, 0.15) is 5.82 Å². The maximum atomic E-state index is 12.6. The number of rotatable bonds is 4. The second-order valence-corrected chi connectivity index (χ2v) is 4.15. The molecule has 0 aliphatic carbocycles. The quantitative estimate of drug-likeness (QED) is 0.314. The zero-order chi connectivity index (χ0) is 12.7. The third kappa shape index (κ3) is 5.21. The van der Waals surface area contributed by atoms with Crippen molar-refractivity contribution in [2.24, 2.45) is 16.7 Å². The van der Waals surface area contributed by atoms with E-state index in [-0.39, 0.29) is 22.6 Å². The molecule has 1 aromatic carbocycles. The van der Waals surface area contributed by atoms with E-state index in [1.165, 1.54) is 12.1 Å². The molecule has 7 heteroatoms. The summed E-state index contributed by atoms with van der Waals surface area (Å²) < 4.78 is 12.6. The fraction of sp³-hybridized carbons (Fsp3) is 0.200. The van der Waals surface area contributed by atoms with Crippen LogP contribution in [0.2, 0.25) is 0 Å². The lowest BCUT2D eigenvalue weighted by Gasteiger charge is -2.04. The van der Waals surface area contributed by atoms with E-state index in [0.717, 1.165) is 17.3 Å². The second-order valence-electron chi connectivity index (χ2n) is 3.16. The Morgan fingerprint density at radius 2 is 2.06 bits per heavy atom. The van der Waals surface area contributed by atoms with E-state index in [1.807, 2.05) is 0 Å². The molecule has 0 spiro atoms. The van der Waals surface area contributed by atoms with Gasteiger partial charge in [-0.25, -0.2) is 4.39 Å². The first kappa shape index (κ1) is 13.3. The average molecular weight is 256 g/mol. The molecule has 17 heavy (non-hydrogen) atoms. The van der Waals surface area contributed by atoms with Crippen LogP contribution >= 0.6 is 11.8 Å². The van der Waals surface area contributed by atoms with E-state index in [2.05, 4.69) is 10.4 Å². The Morgan fingerprint density at radius 1 is 1.41 bits per heavy atom. The highest BCUT2D eigenvalue weighted by atomic mass is 32.2. The fourth-order valence-electron chi connectivity index (χ4n) is 1.03. The van der Waals surface area contributed by atoms with Gasteiger partial charge in [-0.15, -0.1) is 0 Å². The summed E-state index contributed by atoms with van der Waals surface area (Å²) in [5, 5.41) is 6.04. The molecule has 0 aliphatic heterocycles. The summed E-state index contributed by atoms with van der Waals surface area (Å²) in [6.07, 6.45) is 0. The van der Waals surface area contributed by atoms with Gasteiger partial charge in [0, 0.05) is 6.54 Å². The molecule has 0 unspecified atom stereocenters. The number of nitrogens with two attached hydrogens (primary N) is 2. The molecule has 0 heterocycles. The van der Waals surface area contributed by atoms with Crippen LogP contribution in [0.3, 0.4) is 0 Å². The highest BCUT2D eigenvalue weighted by Crippen LogP contribution is 2.03. The van der Waals surface area contributed by atoms with Crippen LogP contribution in [-0.4, -0.2) is 16.8 Å². The summed E-state index contributed by atoms with van der Waals surface area (Å²) in [7, 11) is 0. The molecule has 0 saturated carbocycles. The number of thioether (sulfide) groups is 1. The van der Waals surface area contributed by atoms with Gasteiger partial charge in [-0.05, 0) is 17.7 Å². The molecule has 5 N–H and O–H groups in total. The summed E-state index contributed by atoms with van der Waals surface area (Å²) in [5.41, 5.74) is 6.14. The van der Waals surface area contributed by atoms with Gasteiger partial charge < -0.3 is 16.9 Å². The highest BCUT2D eigenvalue weighted by Gasteiger charge is 2.03. The predicted molar refractivity (Wildman–Crippen MR) is 66.5 cm³/mol. The molecular weight excluding hydrogens is 243 g/mol. The minimum atomic E-state index is -0.303. The fourth-order valence-corrected chi connectivity index (χ4v) is 1.49. The summed E-state index contributed by atoms with van der Waals surface area (Å²) in [6.45, 7) is 0.347. The maximum absolute atomic E-state index is 12.6. The first-order valence-electron chi connectivity index (χ1n) is 4.79. The number of hydrazone groups is 1. The number of carbonyl (C=O) groups excluding carboxylic acids is 1. The van der Waals surface area contributed by atoms with Gasteiger partial charge >= 0.3 is 0 Å². The van der Waals surface area contributed by atoms with Gasteiger partial charge in [0.15, 0.2) is 5.17 Å². The maximum Gasteiger partial charge on any atom is 0.230 e. The van der Waals surface area contributed by atoms with Crippen LogP contribution in [0.1, 0.15) is 5.56 Å². The lowest BCUT2D eigenvalue weighted by atomic mass is 10.2. The second kappa shape index (κ2) is 6.74.